The van der Waals surface area contributed by atoms with Gasteiger partial charge >= 0.3 is 39.5 Å². The van der Waals surface area contributed by atoms with E-state index in [1.807, 2.05) is 0 Å². The van der Waals surface area contributed by atoms with E-state index in [1.165, 1.54) is 212 Å². The molecule has 0 saturated carbocycles. The minimum Gasteiger partial charge on any atom is -0.462 e. The molecule has 0 fully saturated rings. The van der Waals surface area contributed by atoms with Gasteiger partial charge in [-0.25, -0.2) is 9.13 Å². The van der Waals surface area contributed by atoms with Crippen molar-refractivity contribution in [1.82, 2.24) is 0 Å². The van der Waals surface area contributed by atoms with Crippen LogP contribution in [0.5, 0.6) is 0 Å². The Morgan fingerprint density at radius 2 is 0.480 bits per heavy atom. The van der Waals surface area contributed by atoms with Gasteiger partial charge in [-0.1, -0.05) is 364 Å². The SMILES string of the molecule is CCC(C)CCCCCCCCC(=O)OC[C@H](COP(=O)(O)OC[C@H](O)COP(=O)(O)OC[C@@H](COC(=O)CCCCCCCCCCCCCCCCCC(C)C)OC(=O)CCCCCCCCCCC(C)C)OC(=O)CCCCCCCCCCCCCCCCCCCCC(C)C. The van der Waals surface area contributed by atoms with E-state index in [1.54, 1.807) is 0 Å². The Kier molecular flexibility index (Phi) is 68.7. The van der Waals surface area contributed by atoms with Crippen LogP contribution in [0.1, 0.15) is 415 Å². The standard InChI is InChI=1S/C81H158O17P2/c1-9-74(8)60-52-44-39-40-46-54-62-79(84)92-68-77(97-80(85)63-55-47-37-30-26-22-17-13-11-10-12-15-19-23-27-33-41-49-57-71(2)3)70-96-100(89,90)94-66-75(82)65-93-99(87,88)95-69-76(98-81(86)64-56-48-38-32-31-35-43-51-59-73(6)7)67-91-78(83)61-53-45-36-29-25-21-18-14-16-20-24-28-34-42-50-58-72(4)5/h71-77,82H,9-70H2,1-8H3,(H,87,88)(H,89,90)/t74?,75-,76-,77-/m1/s1. The number of hydrogen-bond donors (Lipinski definition) is 3. The molecule has 3 N–H and O–H groups in total. The normalized spacial score (nSPS) is 14.3. The summed E-state index contributed by atoms with van der Waals surface area (Å²) >= 11 is 0. The number of aliphatic hydroxyl groups is 1. The lowest BCUT2D eigenvalue weighted by atomic mass is 10.00. The number of unbranched alkanes of at least 4 members (excludes halogenated alkanes) is 43. The highest BCUT2D eigenvalue weighted by atomic mass is 31.2. The molecule has 0 heterocycles. The van der Waals surface area contributed by atoms with Crippen molar-refractivity contribution in [3.8, 4) is 0 Å². The second kappa shape index (κ2) is 70.1. The lowest BCUT2D eigenvalue weighted by molar-refractivity contribution is -0.161. The van der Waals surface area contributed by atoms with Gasteiger partial charge in [-0.3, -0.25) is 37.3 Å². The van der Waals surface area contributed by atoms with Crippen LogP contribution in [0.4, 0.5) is 0 Å². The van der Waals surface area contributed by atoms with Gasteiger partial charge in [-0.05, 0) is 49.4 Å². The number of esters is 4. The molecule has 0 aliphatic carbocycles. The van der Waals surface area contributed by atoms with E-state index in [-0.39, 0.29) is 25.7 Å². The molecule has 594 valence electrons. The van der Waals surface area contributed by atoms with Gasteiger partial charge in [0.2, 0.25) is 0 Å². The van der Waals surface area contributed by atoms with Crippen LogP contribution < -0.4 is 0 Å². The third-order valence-corrected chi connectivity index (χ3v) is 21.1. The lowest BCUT2D eigenvalue weighted by Gasteiger charge is -2.21. The largest absolute Gasteiger partial charge is 0.472 e. The fraction of sp³-hybridized carbons (Fsp3) is 0.951. The molecule has 6 atom stereocenters. The van der Waals surface area contributed by atoms with Crippen LogP contribution in [0.3, 0.4) is 0 Å². The van der Waals surface area contributed by atoms with Gasteiger partial charge in [0.05, 0.1) is 26.4 Å². The van der Waals surface area contributed by atoms with Crippen molar-refractivity contribution in [1.29, 1.82) is 0 Å². The first kappa shape index (κ1) is 98.1. The molecule has 0 radical (unpaired) electrons. The first-order valence-electron chi connectivity index (χ1n) is 41.7. The molecule has 0 bridgehead atoms. The molecule has 0 aliphatic heterocycles. The molecule has 0 aromatic carbocycles. The fourth-order valence-corrected chi connectivity index (χ4v) is 14.0. The number of phosphoric ester groups is 2. The van der Waals surface area contributed by atoms with Gasteiger partial charge in [0.1, 0.15) is 19.3 Å². The highest BCUT2D eigenvalue weighted by Gasteiger charge is 2.30. The summed E-state index contributed by atoms with van der Waals surface area (Å²) in [7, 11) is -9.92. The van der Waals surface area contributed by atoms with Crippen LogP contribution in [0, 0.1) is 23.7 Å². The minimum absolute atomic E-state index is 0.104. The molecule has 0 spiro atoms. The molecule has 0 aromatic rings. The number of hydrogen-bond acceptors (Lipinski definition) is 15. The Labute approximate surface area is 613 Å². The molecule has 100 heavy (non-hydrogen) atoms. The molecule has 17 nitrogen and oxygen atoms in total. The third-order valence-electron chi connectivity index (χ3n) is 19.2. The van der Waals surface area contributed by atoms with Gasteiger partial charge < -0.3 is 33.8 Å². The minimum atomic E-state index is -4.96. The van der Waals surface area contributed by atoms with Crippen LogP contribution in [-0.4, -0.2) is 96.7 Å². The maximum absolute atomic E-state index is 13.1. The number of ether oxygens (including phenoxy) is 4. The van der Waals surface area contributed by atoms with Crippen LogP contribution >= 0.6 is 15.6 Å². The van der Waals surface area contributed by atoms with Gasteiger partial charge in [0, 0.05) is 25.7 Å². The Morgan fingerprint density at radius 3 is 0.710 bits per heavy atom. The van der Waals surface area contributed by atoms with E-state index in [2.05, 4.69) is 55.4 Å². The summed E-state index contributed by atoms with van der Waals surface area (Å²) in [6.07, 6.45) is 57.1. The second-order valence-corrected chi connectivity index (χ2v) is 33.7. The summed E-state index contributed by atoms with van der Waals surface area (Å²) in [5.41, 5.74) is 0. The molecular weight excluding hydrogens is 1310 g/mol. The van der Waals surface area contributed by atoms with Crippen molar-refractivity contribution in [3.63, 3.8) is 0 Å². The average Bonchev–Trinajstić information content (AvgIpc) is 0.927. The zero-order chi connectivity index (χ0) is 73.8. The van der Waals surface area contributed by atoms with Crippen molar-refractivity contribution < 1.29 is 80.2 Å². The van der Waals surface area contributed by atoms with E-state index in [0.717, 1.165) is 120 Å². The fourth-order valence-electron chi connectivity index (χ4n) is 12.4. The monoisotopic (exact) mass is 1470 g/mol. The number of carbonyl (C=O) groups excluding carboxylic acids is 4. The average molecular weight is 1470 g/mol. The summed E-state index contributed by atoms with van der Waals surface area (Å²) in [6, 6.07) is 0. The second-order valence-electron chi connectivity index (χ2n) is 30.8. The number of phosphoric acid groups is 2. The summed E-state index contributed by atoms with van der Waals surface area (Å²) in [5.74, 6) is 0.958. The molecular formula is C81H158O17P2. The van der Waals surface area contributed by atoms with E-state index in [0.29, 0.717) is 25.7 Å². The van der Waals surface area contributed by atoms with E-state index in [4.69, 9.17) is 37.0 Å². The molecule has 0 amide bonds. The predicted molar refractivity (Wildman–Crippen MR) is 409 cm³/mol. The van der Waals surface area contributed by atoms with Gasteiger partial charge in [-0.15, -0.1) is 0 Å². The van der Waals surface area contributed by atoms with Crippen molar-refractivity contribution in [3.05, 3.63) is 0 Å². The third kappa shape index (κ3) is 73.0. The Morgan fingerprint density at radius 1 is 0.280 bits per heavy atom. The maximum atomic E-state index is 13.1. The zero-order valence-corrected chi connectivity index (χ0v) is 67.6. The van der Waals surface area contributed by atoms with Crippen molar-refractivity contribution in [2.45, 2.75) is 433 Å². The molecule has 0 aliphatic rings. The quantitative estimate of drug-likeness (QED) is 0.0222. The summed E-state index contributed by atoms with van der Waals surface area (Å²) in [5, 5.41) is 10.6. The first-order valence-corrected chi connectivity index (χ1v) is 44.7. The first-order chi connectivity index (χ1) is 48.1. The van der Waals surface area contributed by atoms with E-state index >= 15 is 0 Å². The topological polar surface area (TPSA) is 237 Å². The predicted octanol–water partition coefficient (Wildman–Crippen LogP) is 24.0. The number of aliphatic hydroxyl groups excluding tert-OH is 1. The smallest absolute Gasteiger partial charge is 0.462 e. The highest BCUT2D eigenvalue weighted by Crippen LogP contribution is 2.45. The van der Waals surface area contributed by atoms with Crippen LogP contribution in [0.2, 0.25) is 0 Å². The number of carbonyl (C=O) groups is 4. The van der Waals surface area contributed by atoms with Crippen molar-refractivity contribution in [2.24, 2.45) is 23.7 Å². The van der Waals surface area contributed by atoms with E-state index in [9.17, 15) is 43.2 Å². The highest BCUT2D eigenvalue weighted by molar-refractivity contribution is 7.47. The number of rotatable bonds is 78. The van der Waals surface area contributed by atoms with Crippen LogP contribution in [-0.2, 0) is 65.4 Å². The van der Waals surface area contributed by atoms with Crippen molar-refractivity contribution in [2.75, 3.05) is 39.6 Å². The Bertz CT molecular complexity index is 1960. The van der Waals surface area contributed by atoms with Crippen LogP contribution in [0.15, 0.2) is 0 Å². The summed E-state index contributed by atoms with van der Waals surface area (Å²) in [4.78, 5) is 73.0. The molecule has 3 unspecified atom stereocenters. The molecule has 0 saturated heterocycles. The zero-order valence-electron chi connectivity index (χ0n) is 65.8. The van der Waals surface area contributed by atoms with Gasteiger partial charge in [-0.2, -0.15) is 0 Å². The maximum Gasteiger partial charge on any atom is 0.472 e. The van der Waals surface area contributed by atoms with Crippen LogP contribution in [0.25, 0.3) is 0 Å². The van der Waals surface area contributed by atoms with E-state index < -0.39 is 97.5 Å². The van der Waals surface area contributed by atoms with Crippen molar-refractivity contribution >= 4 is 39.5 Å². The lowest BCUT2D eigenvalue weighted by Crippen LogP contribution is -2.30. The Balaban J connectivity index is 5.16. The Hall–Kier alpha value is -1.94. The summed E-state index contributed by atoms with van der Waals surface area (Å²) in [6.45, 7) is 14.2. The van der Waals surface area contributed by atoms with Gasteiger partial charge in [0.15, 0.2) is 12.2 Å². The molecule has 0 rings (SSSR count). The molecule has 0 aromatic heterocycles. The van der Waals surface area contributed by atoms with Gasteiger partial charge in [0.25, 0.3) is 0 Å². The summed E-state index contributed by atoms with van der Waals surface area (Å²) < 4.78 is 68.7. The molecule has 19 heteroatoms.